The zero-order chi connectivity index (χ0) is 12.2. The largest absolute Gasteiger partial charge is 0.406 e. The maximum atomic E-state index is 12.2. The van der Waals surface area contributed by atoms with Crippen LogP contribution in [0.2, 0.25) is 0 Å². The number of amides is 1. The van der Waals surface area contributed by atoms with E-state index in [2.05, 4.69) is 0 Å². The van der Waals surface area contributed by atoms with Crippen molar-refractivity contribution in [2.75, 3.05) is 13.1 Å². The summed E-state index contributed by atoms with van der Waals surface area (Å²) >= 11 is 0. The Labute approximate surface area is 92.8 Å². The van der Waals surface area contributed by atoms with E-state index in [-0.39, 0.29) is 12.5 Å². The van der Waals surface area contributed by atoms with Crippen LogP contribution in [0.3, 0.4) is 0 Å². The van der Waals surface area contributed by atoms with E-state index < -0.39 is 18.6 Å². The third-order valence-corrected chi connectivity index (χ3v) is 2.50. The molecule has 0 saturated heterocycles. The maximum Gasteiger partial charge on any atom is 0.406 e. The van der Waals surface area contributed by atoms with Gasteiger partial charge in [0.15, 0.2) is 0 Å². The highest BCUT2D eigenvalue weighted by atomic mass is 19.4. The minimum Gasteiger partial charge on any atom is -0.331 e. The summed E-state index contributed by atoms with van der Waals surface area (Å²) in [7, 11) is 0. The van der Waals surface area contributed by atoms with Crippen LogP contribution in [-0.2, 0) is 4.79 Å². The smallest absolute Gasteiger partial charge is 0.331 e. The second kappa shape index (κ2) is 5.52. The van der Waals surface area contributed by atoms with Crippen molar-refractivity contribution in [1.29, 1.82) is 0 Å². The molecule has 1 aliphatic rings. The number of hydrogen-bond acceptors (Lipinski definition) is 2. The molecule has 0 heterocycles. The molecule has 0 atom stereocenters. The fourth-order valence-corrected chi connectivity index (χ4v) is 1.56. The van der Waals surface area contributed by atoms with Crippen LogP contribution in [0.1, 0.15) is 32.1 Å². The first kappa shape index (κ1) is 13.3. The van der Waals surface area contributed by atoms with E-state index in [4.69, 9.17) is 5.73 Å². The highest BCUT2D eigenvalue weighted by molar-refractivity contribution is 5.76. The van der Waals surface area contributed by atoms with Crippen LogP contribution < -0.4 is 5.73 Å². The average Bonchev–Trinajstić information content (AvgIpc) is 2.96. The first-order valence-corrected chi connectivity index (χ1v) is 5.50. The second-order valence-electron chi connectivity index (χ2n) is 4.11. The van der Waals surface area contributed by atoms with Crippen molar-refractivity contribution in [2.24, 2.45) is 5.73 Å². The van der Waals surface area contributed by atoms with Gasteiger partial charge < -0.3 is 10.6 Å². The lowest BCUT2D eigenvalue weighted by molar-refractivity contribution is -0.162. The number of nitrogens with zero attached hydrogens (tertiary/aromatic N) is 1. The van der Waals surface area contributed by atoms with Crippen LogP contribution in [0.25, 0.3) is 0 Å². The summed E-state index contributed by atoms with van der Waals surface area (Å²) in [5, 5.41) is 0. The molecule has 1 aliphatic carbocycles. The molecule has 2 N–H and O–H groups in total. The van der Waals surface area contributed by atoms with Gasteiger partial charge in [-0.05, 0) is 32.2 Å². The molecule has 16 heavy (non-hydrogen) atoms. The molecule has 0 aromatic rings. The Morgan fingerprint density at radius 1 is 1.31 bits per heavy atom. The average molecular weight is 238 g/mol. The number of rotatable bonds is 6. The lowest BCUT2D eigenvalue weighted by Gasteiger charge is -2.23. The van der Waals surface area contributed by atoms with E-state index in [0.717, 1.165) is 4.90 Å². The summed E-state index contributed by atoms with van der Waals surface area (Å²) < 4.78 is 36.7. The Balaban J connectivity index is 2.40. The van der Waals surface area contributed by atoms with Gasteiger partial charge in [0.2, 0.25) is 5.91 Å². The van der Waals surface area contributed by atoms with Crippen molar-refractivity contribution in [1.82, 2.24) is 4.90 Å². The highest BCUT2D eigenvalue weighted by Crippen LogP contribution is 2.30. The van der Waals surface area contributed by atoms with E-state index >= 15 is 0 Å². The van der Waals surface area contributed by atoms with Gasteiger partial charge in [0.1, 0.15) is 6.54 Å². The van der Waals surface area contributed by atoms with Crippen molar-refractivity contribution < 1.29 is 18.0 Å². The van der Waals surface area contributed by atoms with Gasteiger partial charge in [0.05, 0.1) is 0 Å². The third kappa shape index (κ3) is 4.83. The van der Waals surface area contributed by atoms with Gasteiger partial charge in [-0.3, -0.25) is 4.79 Å². The van der Waals surface area contributed by atoms with E-state index in [1.165, 1.54) is 0 Å². The molecule has 1 amide bonds. The summed E-state index contributed by atoms with van der Waals surface area (Å²) in [5.74, 6) is -0.395. The Kier molecular flexibility index (Phi) is 4.58. The van der Waals surface area contributed by atoms with Crippen molar-refractivity contribution in [3.05, 3.63) is 0 Å². The number of unbranched alkanes of at least 4 members (excludes halogenated alkanes) is 1. The molecule has 3 nitrogen and oxygen atoms in total. The minimum atomic E-state index is -4.30. The Morgan fingerprint density at radius 3 is 2.38 bits per heavy atom. The quantitative estimate of drug-likeness (QED) is 0.715. The van der Waals surface area contributed by atoms with Crippen molar-refractivity contribution in [2.45, 2.75) is 44.3 Å². The minimum absolute atomic E-state index is 0.170. The number of halogens is 3. The molecule has 6 heteroatoms. The monoisotopic (exact) mass is 238 g/mol. The Hall–Kier alpha value is -0.780. The molecule has 94 valence electrons. The number of nitrogens with two attached hydrogens (primary N) is 1. The second-order valence-corrected chi connectivity index (χ2v) is 4.11. The summed E-state index contributed by atoms with van der Waals surface area (Å²) in [6.45, 7) is -0.644. The number of carbonyl (C=O) groups excluding carboxylic acids is 1. The molecule has 0 radical (unpaired) electrons. The molecule has 1 rings (SSSR count). The van der Waals surface area contributed by atoms with Gasteiger partial charge in [0, 0.05) is 12.5 Å². The maximum absolute atomic E-state index is 12.2. The number of carbonyl (C=O) groups is 1. The van der Waals surface area contributed by atoms with Crippen molar-refractivity contribution >= 4 is 5.91 Å². The zero-order valence-corrected chi connectivity index (χ0v) is 9.09. The standard InChI is InChI=1S/C10H17F3N2O/c11-10(12,13)7-15(8-4-5-8)9(16)3-1-2-6-14/h8H,1-7,14H2. The lowest BCUT2D eigenvalue weighted by atomic mass is 10.2. The van der Waals surface area contributed by atoms with E-state index in [0.29, 0.717) is 32.2 Å². The molecule has 0 aliphatic heterocycles. The molecular formula is C10H17F3N2O. The van der Waals surface area contributed by atoms with Crippen LogP contribution >= 0.6 is 0 Å². The van der Waals surface area contributed by atoms with Crippen LogP contribution in [0.5, 0.6) is 0 Å². The topological polar surface area (TPSA) is 46.3 Å². The summed E-state index contributed by atoms with van der Waals surface area (Å²) in [6, 6.07) is -0.188. The Morgan fingerprint density at radius 2 is 1.94 bits per heavy atom. The predicted molar refractivity (Wildman–Crippen MR) is 53.7 cm³/mol. The van der Waals surface area contributed by atoms with Crippen molar-refractivity contribution in [3.8, 4) is 0 Å². The van der Waals surface area contributed by atoms with E-state index in [9.17, 15) is 18.0 Å². The van der Waals surface area contributed by atoms with Gasteiger partial charge in [-0.25, -0.2) is 0 Å². The van der Waals surface area contributed by atoms with Gasteiger partial charge in [-0.15, -0.1) is 0 Å². The van der Waals surface area contributed by atoms with Gasteiger partial charge in [-0.2, -0.15) is 13.2 Å². The molecule has 1 saturated carbocycles. The number of alkyl halides is 3. The molecular weight excluding hydrogens is 221 g/mol. The fourth-order valence-electron chi connectivity index (χ4n) is 1.56. The van der Waals surface area contributed by atoms with Gasteiger partial charge in [0.25, 0.3) is 0 Å². The molecule has 0 aromatic heterocycles. The van der Waals surface area contributed by atoms with Crippen LogP contribution in [-0.4, -0.2) is 36.1 Å². The van der Waals surface area contributed by atoms with Crippen LogP contribution in [0.4, 0.5) is 13.2 Å². The number of hydrogen-bond donors (Lipinski definition) is 1. The van der Waals surface area contributed by atoms with Crippen molar-refractivity contribution in [3.63, 3.8) is 0 Å². The normalized spacial score (nSPS) is 16.2. The predicted octanol–water partition coefficient (Wildman–Crippen LogP) is 1.67. The van der Waals surface area contributed by atoms with Crippen LogP contribution in [0, 0.1) is 0 Å². The SMILES string of the molecule is NCCCCC(=O)N(CC(F)(F)F)C1CC1. The Bertz CT molecular complexity index is 239. The van der Waals surface area contributed by atoms with E-state index in [1.807, 2.05) is 0 Å². The molecule has 0 unspecified atom stereocenters. The first-order chi connectivity index (χ1) is 7.44. The van der Waals surface area contributed by atoms with E-state index in [1.54, 1.807) is 0 Å². The summed E-state index contributed by atoms with van der Waals surface area (Å²) in [4.78, 5) is 12.5. The van der Waals surface area contributed by atoms with Gasteiger partial charge in [-0.1, -0.05) is 0 Å². The molecule has 0 aromatic carbocycles. The summed E-state index contributed by atoms with van der Waals surface area (Å²) in [6.07, 6.45) is -1.50. The zero-order valence-electron chi connectivity index (χ0n) is 9.09. The van der Waals surface area contributed by atoms with Crippen LogP contribution in [0.15, 0.2) is 0 Å². The lowest BCUT2D eigenvalue weighted by Crippen LogP contribution is -2.40. The summed E-state index contributed by atoms with van der Waals surface area (Å²) in [5.41, 5.74) is 5.26. The fraction of sp³-hybridized carbons (Fsp3) is 0.900. The third-order valence-electron chi connectivity index (χ3n) is 2.50. The highest BCUT2D eigenvalue weighted by Gasteiger charge is 2.40. The first-order valence-electron chi connectivity index (χ1n) is 5.50. The molecule has 0 spiro atoms. The molecule has 1 fully saturated rings. The van der Waals surface area contributed by atoms with Gasteiger partial charge >= 0.3 is 6.18 Å². The molecule has 0 bridgehead atoms.